The molecular weight excluding hydrogens is 330 g/mol. The van der Waals surface area contributed by atoms with Crippen LogP contribution in [0, 0.1) is 0 Å². The van der Waals surface area contributed by atoms with Gasteiger partial charge in [-0.2, -0.15) is 0 Å². The lowest BCUT2D eigenvalue weighted by molar-refractivity contribution is -0.121. The lowest BCUT2D eigenvalue weighted by Gasteiger charge is -2.18. The molecule has 0 saturated carbocycles. The van der Waals surface area contributed by atoms with Gasteiger partial charge in [0.2, 0.25) is 11.8 Å². The molecule has 0 bridgehead atoms. The predicted octanol–water partition coefficient (Wildman–Crippen LogP) is 3.05. The van der Waals surface area contributed by atoms with Crippen molar-refractivity contribution in [3.8, 4) is 0 Å². The Morgan fingerprint density at radius 3 is 2.35 bits per heavy atom. The number of carbonyl (C=O) groups excluding carboxylic acids is 3. The molecule has 2 aromatic rings. The van der Waals surface area contributed by atoms with E-state index in [1.807, 2.05) is 31.3 Å². The molecule has 6 nitrogen and oxygen atoms in total. The van der Waals surface area contributed by atoms with Crippen LogP contribution in [0.2, 0.25) is 0 Å². The largest absolute Gasteiger partial charge is 0.375 e. The zero-order valence-electron chi connectivity index (χ0n) is 14.9. The molecule has 26 heavy (non-hydrogen) atoms. The maximum absolute atomic E-state index is 12.5. The van der Waals surface area contributed by atoms with E-state index >= 15 is 0 Å². The predicted molar refractivity (Wildman–Crippen MR) is 102 cm³/mol. The van der Waals surface area contributed by atoms with Crippen molar-refractivity contribution in [1.82, 2.24) is 0 Å². The van der Waals surface area contributed by atoms with Crippen LogP contribution < -0.4 is 15.1 Å². The number of benzene rings is 2. The van der Waals surface area contributed by atoms with Gasteiger partial charge in [-0.1, -0.05) is 6.07 Å². The van der Waals surface area contributed by atoms with Crippen LogP contribution in [0.5, 0.6) is 0 Å². The lowest BCUT2D eigenvalue weighted by Crippen LogP contribution is -2.28. The van der Waals surface area contributed by atoms with Crippen LogP contribution in [0.3, 0.4) is 0 Å². The van der Waals surface area contributed by atoms with Gasteiger partial charge in [0.05, 0.1) is 5.69 Å². The highest BCUT2D eigenvalue weighted by Crippen LogP contribution is 2.23. The molecule has 1 aliphatic rings. The first-order valence-electron chi connectivity index (χ1n) is 8.58. The van der Waals surface area contributed by atoms with Crippen molar-refractivity contribution < 1.29 is 14.4 Å². The monoisotopic (exact) mass is 351 g/mol. The molecule has 3 rings (SSSR count). The van der Waals surface area contributed by atoms with Crippen molar-refractivity contribution in [3.63, 3.8) is 0 Å². The van der Waals surface area contributed by atoms with Crippen LogP contribution in [0.15, 0.2) is 48.5 Å². The van der Waals surface area contributed by atoms with Gasteiger partial charge in [0.1, 0.15) is 0 Å². The molecule has 0 aliphatic carbocycles. The molecule has 1 N–H and O–H groups in total. The molecule has 1 aliphatic heterocycles. The number of carbonyl (C=O) groups is 3. The van der Waals surface area contributed by atoms with Gasteiger partial charge in [-0.3, -0.25) is 19.3 Å². The van der Waals surface area contributed by atoms with E-state index in [4.69, 9.17) is 0 Å². The van der Waals surface area contributed by atoms with Crippen molar-refractivity contribution in [3.05, 3.63) is 54.1 Å². The molecule has 1 saturated heterocycles. The minimum atomic E-state index is -0.244. The molecule has 134 valence electrons. The van der Waals surface area contributed by atoms with Gasteiger partial charge in [-0.15, -0.1) is 0 Å². The minimum absolute atomic E-state index is 0.205. The quantitative estimate of drug-likeness (QED) is 0.841. The summed E-state index contributed by atoms with van der Waals surface area (Å²) in [5.41, 5.74) is 2.69. The lowest BCUT2D eigenvalue weighted by atomic mass is 10.1. The molecule has 6 heteroatoms. The van der Waals surface area contributed by atoms with Gasteiger partial charge < -0.3 is 10.2 Å². The Labute approximate surface area is 152 Å². The first-order valence-corrected chi connectivity index (χ1v) is 8.58. The van der Waals surface area contributed by atoms with Gasteiger partial charge in [0.25, 0.3) is 5.91 Å². The third-order valence-corrected chi connectivity index (χ3v) is 4.46. The van der Waals surface area contributed by atoms with Crippen molar-refractivity contribution in [2.24, 2.45) is 0 Å². The van der Waals surface area contributed by atoms with E-state index in [-0.39, 0.29) is 30.6 Å². The molecule has 0 aromatic heterocycles. The summed E-state index contributed by atoms with van der Waals surface area (Å²) in [6.45, 7) is 2.93. The van der Waals surface area contributed by atoms with E-state index in [0.717, 1.165) is 12.2 Å². The van der Waals surface area contributed by atoms with Gasteiger partial charge in [0.15, 0.2) is 0 Å². The Morgan fingerprint density at radius 1 is 1.08 bits per heavy atom. The molecule has 0 unspecified atom stereocenters. The van der Waals surface area contributed by atoms with E-state index in [1.165, 1.54) is 4.90 Å². The standard InChI is InChI=1S/C20H21N3O3/c1-3-22(2)17-6-4-5-15(13-17)21-20(26)14-7-9-16(10-8-14)23-18(24)11-12-19(23)25/h4-10,13H,3,11-12H2,1-2H3,(H,21,26). The summed E-state index contributed by atoms with van der Waals surface area (Å²) < 4.78 is 0. The first kappa shape index (κ1) is 17.7. The van der Waals surface area contributed by atoms with Gasteiger partial charge in [-0.25, -0.2) is 0 Å². The highest BCUT2D eigenvalue weighted by molar-refractivity contribution is 6.20. The number of rotatable bonds is 5. The maximum Gasteiger partial charge on any atom is 0.255 e. The van der Waals surface area contributed by atoms with E-state index in [0.29, 0.717) is 16.9 Å². The maximum atomic E-state index is 12.5. The summed E-state index contributed by atoms with van der Waals surface area (Å²) in [5, 5.41) is 2.87. The molecule has 3 amide bonds. The highest BCUT2D eigenvalue weighted by atomic mass is 16.2. The summed E-state index contributed by atoms with van der Waals surface area (Å²) in [7, 11) is 1.99. The Morgan fingerprint density at radius 2 is 1.73 bits per heavy atom. The molecule has 0 atom stereocenters. The zero-order chi connectivity index (χ0) is 18.7. The summed E-state index contributed by atoms with van der Waals surface area (Å²) in [4.78, 5) is 39.3. The highest BCUT2D eigenvalue weighted by Gasteiger charge is 2.30. The number of hydrogen-bond acceptors (Lipinski definition) is 4. The Kier molecular flexibility index (Phi) is 5.02. The van der Waals surface area contributed by atoms with E-state index < -0.39 is 0 Å². The normalized spacial score (nSPS) is 13.8. The molecule has 1 fully saturated rings. The fourth-order valence-corrected chi connectivity index (χ4v) is 2.83. The first-order chi connectivity index (χ1) is 12.5. The zero-order valence-corrected chi connectivity index (χ0v) is 14.9. The Hall–Kier alpha value is -3.15. The molecule has 0 spiro atoms. The molecule has 1 heterocycles. The van der Waals surface area contributed by atoms with Crippen LogP contribution in [-0.2, 0) is 9.59 Å². The second-order valence-electron chi connectivity index (χ2n) is 6.19. The van der Waals surface area contributed by atoms with Crippen molar-refractivity contribution in [2.45, 2.75) is 19.8 Å². The SMILES string of the molecule is CCN(C)c1cccc(NC(=O)c2ccc(N3C(=O)CCC3=O)cc2)c1. The second kappa shape index (κ2) is 7.39. The summed E-state index contributed by atoms with van der Waals surface area (Å²) in [6, 6.07) is 14.1. The van der Waals surface area contributed by atoms with Gasteiger partial charge >= 0.3 is 0 Å². The Bertz CT molecular complexity index is 830. The fourth-order valence-electron chi connectivity index (χ4n) is 2.83. The second-order valence-corrected chi connectivity index (χ2v) is 6.19. The topological polar surface area (TPSA) is 69.7 Å². The van der Waals surface area contributed by atoms with Gasteiger partial charge in [-0.05, 0) is 49.4 Å². The van der Waals surface area contributed by atoms with Crippen LogP contribution in [0.25, 0.3) is 0 Å². The van der Waals surface area contributed by atoms with E-state index in [9.17, 15) is 14.4 Å². The average Bonchev–Trinajstić information content (AvgIpc) is 2.99. The fraction of sp³-hybridized carbons (Fsp3) is 0.250. The smallest absolute Gasteiger partial charge is 0.255 e. The van der Waals surface area contributed by atoms with Crippen LogP contribution in [-0.4, -0.2) is 31.3 Å². The molecule has 2 aromatic carbocycles. The Balaban J connectivity index is 1.73. The van der Waals surface area contributed by atoms with Crippen molar-refractivity contribution in [1.29, 1.82) is 0 Å². The number of amides is 3. The van der Waals surface area contributed by atoms with Crippen molar-refractivity contribution in [2.75, 3.05) is 28.7 Å². The van der Waals surface area contributed by atoms with Crippen molar-refractivity contribution >= 4 is 34.8 Å². The van der Waals surface area contributed by atoms with Crippen LogP contribution in [0.1, 0.15) is 30.1 Å². The van der Waals surface area contributed by atoms with E-state index in [2.05, 4.69) is 17.1 Å². The number of hydrogen-bond donors (Lipinski definition) is 1. The summed E-state index contributed by atoms with van der Waals surface area (Å²) >= 11 is 0. The summed E-state index contributed by atoms with van der Waals surface area (Å²) in [5.74, 6) is -0.653. The van der Waals surface area contributed by atoms with Crippen LogP contribution >= 0.6 is 0 Å². The minimum Gasteiger partial charge on any atom is -0.375 e. The van der Waals surface area contributed by atoms with Crippen LogP contribution in [0.4, 0.5) is 17.1 Å². The third kappa shape index (κ3) is 3.59. The summed E-state index contributed by atoms with van der Waals surface area (Å²) in [6.07, 6.45) is 0.479. The van der Waals surface area contributed by atoms with Gasteiger partial charge in [0, 0.05) is 43.4 Å². The molecule has 0 radical (unpaired) electrons. The number of anilines is 3. The number of nitrogens with zero attached hydrogens (tertiary/aromatic N) is 2. The average molecular weight is 351 g/mol. The molecular formula is C20H21N3O3. The van der Waals surface area contributed by atoms with E-state index in [1.54, 1.807) is 24.3 Å². The number of imide groups is 1. The third-order valence-electron chi connectivity index (χ3n) is 4.46. The number of nitrogens with one attached hydrogen (secondary N) is 1.